The second-order valence-corrected chi connectivity index (χ2v) is 5.90. The monoisotopic (exact) mass is 287 g/mol. The van der Waals surface area contributed by atoms with Gasteiger partial charge in [0.1, 0.15) is 0 Å². The summed E-state index contributed by atoms with van der Waals surface area (Å²) in [5, 5.41) is 4.69. The molecule has 0 amide bonds. The maximum Gasteiger partial charge on any atom is 0.0595 e. The number of rotatable bonds is 4. The Labute approximate surface area is 119 Å². The molecule has 2 atom stereocenters. The van der Waals surface area contributed by atoms with Gasteiger partial charge in [-0.25, -0.2) is 0 Å². The Balaban J connectivity index is 2.31. The molecule has 0 aromatic heterocycles. The van der Waals surface area contributed by atoms with Crippen LogP contribution in [0.2, 0.25) is 10.0 Å². The molecule has 0 spiro atoms. The summed E-state index contributed by atoms with van der Waals surface area (Å²) in [6.07, 6.45) is 2.34. The SMILES string of the molecule is COC(C)CC1(c2ccc(Cl)c(Cl)c2)CCNC1. The van der Waals surface area contributed by atoms with E-state index in [1.807, 2.05) is 12.1 Å². The molecule has 18 heavy (non-hydrogen) atoms. The van der Waals surface area contributed by atoms with E-state index in [-0.39, 0.29) is 11.5 Å². The number of hydrogen-bond donors (Lipinski definition) is 1. The van der Waals surface area contributed by atoms with Crippen LogP contribution in [0, 0.1) is 0 Å². The summed E-state index contributed by atoms with van der Waals surface area (Å²) in [6, 6.07) is 5.97. The van der Waals surface area contributed by atoms with Crippen LogP contribution in [0.1, 0.15) is 25.3 Å². The fraction of sp³-hybridized carbons (Fsp3) is 0.571. The molecule has 1 aromatic carbocycles. The van der Waals surface area contributed by atoms with Gasteiger partial charge in [-0.3, -0.25) is 0 Å². The van der Waals surface area contributed by atoms with E-state index in [2.05, 4.69) is 18.3 Å². The van der Waals surface area contributed by atoms with Crippen molar-refractivity contribution in [2.45, 2.75) is 31.3 Å². The van der Waals surface area contributed by atoms with Crippen molar-refractivity contribution in [3.8, 4) is 0 Å². The van der Waals surface area contributed by atoms with Crippen LogP contribution in [-0.4, -0.2) is 26.3 Å². The van der Waals surface area contributed by atoms with Gasteiger partial charge in [-0.2, -0.15) is 0 Å². The molecule has 0 saturated carbocycles. The van der Waals surface area contributed by atoms with Crippen molar-refractivity contribution in [3.63, 3.8) is 0 Å². The highest BCUT2D eigenvalue weighted by Gasteiger charge is 2.37. The Morgan fingerprint density at radius 1 is 1.39 bits per heavy atom. The van der Waals surface area contributed by atoms with Crippen LogP contribution in [0.15, 0.2) is 18.2 Å². The number of nitrogens with one attached hydrogen (secondary N) is 1. The van der Waals surface area contributed by atoms with Gasteiger partial charge in [-0.15, -0.1) is 0 Å². The third-order valence-electron chi connectivity index (χ3n) is 3.86. The summed E-state index contributed by atoms with van der Waals surface area (Å²) < 4.78 is 5.43. The molecule has 2 unspecified atom stereocenters. The molecule has 0 bridgehead atoms. The lowest BCUT2D eigenvalue weighted by molar-refractivity contribution is 0.0896. The third kappa shape index (κ3) is 2.83. The molecule has 1 fully saturated rings. The highest BCUT2D eigenvalue weighted by molar-refractivity contribution is 6.42. The summed E-state index contributed by atoms with van der Waals surface area (Å²) in [5.74, 6) is 0. The van der Waals surface area contributed by atoms with Crippen LogP contribution >= 0.6 is 23.2 Å². The van der Waals surface area contributed by atoms with Crippen molar-refractivity contribution in [1.29, 1.82) is 0 Å². The first-order valence-electron chi connectivity index (χ1n) is 6.26. The van der Waals surface area contributed by atoms with Gasteiger partial charge < -0.3 is 10.1 Å². The van der Waals surface area contributed by atoms with Crippen LogP contribution in [0.4, 0.5) is 0 Å². The Morgan fingerprint density at radius 3 is 2.72 bits per heavy atom. The average molecular weight is 288 g/mol. The fourth-order valence-corrected chi connectivity index (χ4v) is 3.04. The van der Waals surface area contributed by atoms with Crippen molar-refractivity contribution in [2.75, 3.05) is 20.2 Å². The zero-order valence-electron chi connectivity index (χ0n) is 10.8. The first kappa shape index (κ1) is 14.1. The minimum atomic E-state index is 0.115. The van der Waals surface area contributed by atoms with Crippen molar-refractivity contribution in [3.05, 3.63) is 33.8 Å². The van der Waals surface area contributed by atoms with E-state index < -0.39 is 0 Å². The fourth-order valence-electron chi connectivity index (χ4n) is 2.74. The molecular weight excluding hydrogens is 269 g/mol. The number of halogens is 2. The Kier molecular flexibility index (Phi) is 4.54. The van der Waals surface area contributed by atoms with Gasteiger partial charge in [-0.1, -0.05) is 29.3 Å². The van der Waals surface area contributed by atoms with Gasteiger partial charge in [0, 0.05) is 19.1 Å². The van der Waals surface area contributed by atoms with E-state index in [1.165, 1.54) is 5.56 Å². The van der Waals surface area contributed by atoms with E-state index in [4.69, 9.17) is 27.9 Å². The number of methoxy groups -OCH3 is 1. The van der Waals surface area contributed by atoms with Crippen molar-refractivity contribution >= 4 is 23.2 Å². The number of ether oxygens (including phenoxy) is 1. The largest absolute Gasteiger partial charge is 0.382 e. The van der Waals surface area contributed by atoms with Crippen LogP contribution in [0.5, 0.6) is 0 Å². The van der Waals surface area contributed by atoms with E-state index in [0.717, 1.165) is 25.9 Å². The molecule has 1 aliphatic rings. The van der Waals surface area contributed by atoms with E-state index in [9.17, 15) is 0 Å². The summed E-state index contributed by atoms with van der Waals surface area (Å²) in [5.41, 5.74) is 1.37. The Bertz CT molecular complexity index is 416. The standard InChI is InChI=1S/C14H19Cl2NO/c1-10(18-2)8-14(5-6-17-9-14)11-3-4-12(15)13(16)7-11/h3-4,7,10,17H,5-6,8-9H2,1-2H3. The van der Waals surface area contributed by atoms with Crippen molar-refractivity contribution in [1.82, 2.24) is 5.32 Å². The highest BCUT2D eigenvalue weighted by atomic mass is 35.5. The van der Waals surface area contributed by atoms with Gasteiger partial charge in [0.05, 0.1) is 16.1 Å². The summed E-state index contributed by atoms with van der Waals surface area (Å²) in [6.45, 7) is 4.12. The lowest BCUT2D eigenvalue weighted by Crippen LogP contribution is -2.33. The van der Waals surface area contributed by atoms with Crippen molar-refractivity contribution in [2.24, 2.45) is 0 Å². The lowest BCUT2D eigenvalue weighted by Gasteiger charge is -2.31. The third-order valence-corrected chi connectivity index (χ3v) is 4.60. The molecule has 0 radical (unpaired) electrons. The lowest BCUT2D eigenvalue weighted by atomic mass is 9.75. The minimum absolute atomic E-state index is 0.115. The average Bonchev–Trinajstić information content (AvgIpc) is 2.82. The first-order chi connectivity index (χ1) is 8.57. The van der Waals surface area contributed by atoms with E-state index in [1.54, 1.807) is 7.11 Å². The molecule has 1 aliphatic heterocycles. The Hall–Kier alpha value is -0.280. The predicted molar refractivity (Wildman–Crippen MR) is 76.7 cm³/mol. The molecule has 4 heteroatoms. The highest BCUT2D eigenvalue weighted by Crippen LogP contribution is 2.38. The molecule has 2 nitrogen and oxygen atoms in total. The second kappa shape index (κ2) is 5.79. The van der Waals surface area contributed by atoms with Crippen LogP contribution in [0.3, 0.4) is 0 Å². The van der Waals surface area contributed by atoms with Crippen molar-refractivity contribution < 1.29 is 4.74 Å². The summed E-state index contributed by atoms with van der Waals surface area (Å²) in [7, 11) is 1.76. The molecule has 1 heterocycles. The zero-order chi connectivity index (χ0) is 13.2. The molecule has 100 valence electrons. The van der Waals surface area contributed by atoms with Gasteiger partial charge in [0.25, 0.3) is 0 Å². The quantitative estimate of drug-likeness (QED) is 0.913. The molecule has 1 aromatic rings. The van der Waals surface area contributed by atoms with Gasteiger partial charge >= 0.3 is 0 Å². The molecule has 0 aliphatic carbocycles. The molecular formula is C14H19Cl2NO. The second-order valence-electron chi connectivity index (χ2n) is 5.09. The smallest absolute Gasteiger partial charge is 0.0595 e. The van der Waals surface area contributed by atoms with Gasteiger partial charge in [0.15, 0.2) is 0 Å². The van der Waals surface area contributed by atoms with Gasteiger partial charge in [0.2, 0.25) is 0 Å². The summed E-state index contributed by atoms with van der Waals surface area (Å²) >= 11 is 12.1. The maximum atomic E-state index is 6.14. The normalized spacial score (nSPS) is 25.3. The number of benzene rings is 1. The molecule has 1 saturated heterocycles. The summed E-state index contributed by atoms with van der Waals surface area (Å²) in [4.78, 5) is 0. The van der Waals surface area contributed by atoms with E-state index in [0.29, 0.717) is 10.0 Å². The van der Waals surface area contributed by atoms with Crippen LogP contribution in [-0.2, 0) is 10.2 Å². The van der Waals surface area contributed by atoms with Crippen LogP contribution in [0.25, 0.3) is 0 Å². The Morgan fingerprint density at radius 2 is 2.17 bits per heavy atom. The zero-order valence-corrected chi connectivity index (χ0v) is 12.3. The topological polar surface area (TPSA) is 21.3 Å². The van der Waals surface area contributed by atoms with E-state index >= 15 is 0 Å². The predicted octanol–water partition coefficient (Wildman–Crippen LogP) is 3.65. The molecule has 2 rings (SSSR count). The minimum Gasteiger partial charge on any atom is -0.382 e. The first-order valence-corrected chi connectivity index (χ1v) is 7.02. The molecule has 1 N–H and O–H groups in total. The van der Waals surface area contributed by atoms with Crippen LogP contribution < -0.4 is 5.32 Å². The number of hydrogen-bond acceptors (Lipinski definition) is 2. The van der Waals surface area contributed by atoms with Gasteiger partial charge in [-0.05, 0) is 44.0 Å². The maximum absolute atomic E-state index is 6.14.